The van der Waals surface area contributed by atoms with E-state index in [-0.39, 0.29) is 24.8 Å². The van der Waals surface area contributed by atoms with Crippen molar-refractivity contribution < 1.29 is 23.9 Å². The van der Waals surface area contributed by atoms with Crippen molar-refractivity contribution in [1.82, 2.24) is 25.3 Å². The Kier molecular flexibility index (Phi) is 11.8. The molecule has 0 radical (unpaired) electrons. The van der Waals surface area contributed by atoms with Crippen LogP contribution in [0.1, 0.15) is 51.7 Å². The van der Waals surface area contributed by atoms with Crippen molar-refractivity contribution in [2.75, 3.05) is 45.8 Å². The number of likely N-dealkylation sites (tertiary alicyclic amines) is 1. The second kappa shape index (κ2) is 15.4. The SMILES string of the molecule is CCNC(=O)[C@]1(Cc2ccccc2)CCCN(C(=O)C(Cc2ccc(Cl)c(Cl)c2)NC(=O)N2CCN(C(=O)OC(C)(C)C)CC2)C1. The molecule has 12 heteroatoms. The number of halogens is 2. The third kappa shape index (κ3) is 9.28. The van der Waals surface area contributed by atoms with Gasteiger partial charge in [-0.2, -0.15) is 0 Å². The predicted molar refractivity (Wildman–Crippen MR) is 179 cm³/mol. The van der Waals surface area contributed by atoms with Crippen LogP contribution in [0.5, 0.6) is 0 Å². The van der Waals surface area contributed by atoms with Crippen LogP contribution in [0.2, 0.25) is 10.0 Å². The minimum atomic E-state index is -0.921. The lowest BCUT2D eigenvalue weighted by atomic mass is 9.74. The fourth-order valence-corrected chi connectivity index (χ4v) is 6.37. The third-order valence-electron chi connectivity index (χ3n) is 8.33. The molecule has 2 heterocycles. The van der Waals surface area contributed by atoms with E-state index in [0.29, 0.717) is 68.6 Å². The summed E-state index contributed by atoms with van der Waals surface area (Å²) in [6.07, 6.45) is 1.55. The molecule has 0 bridgehead atoms. The van der Waals surface area contributed by atoms with E-state index >= 15 is 0 Å². The summed E-state index contributed by atoms with van der Waals surface area (Å²) in [6.45, 7) is 9.71. The molecule has 10 nitrogen and oxygen atoms in total. The number of rotatable bonds is 8. The Morgan fingerprint density at radius 1 is 0.891 bits per heavy atom. The lowest BCUT2D eigenvalue weighted by Gasteiger charge is -2.43. The van der Waals surface area contributed by atoms with Crippen molar-refractivity contribution in [2.45, 2.75) is 65.0 Å². The minimum Gasteiger partial charge on any atom is -0.444 e. The molecule has 0 aliphatic carbocycles. The molecule has 2 aromatic carbocycles. The number of carbonyl (C=O) groups excluding carboxylic acids is 4. The Balaban J connectivity index is 1.53. The van der Waals surface area contributed by atoms with Crippen LogP contribution in [0.15, 0.2) is 48.5 Å². The van der Waals surface area contributed by atoms with Crippen LogP contribution in [-0.2, 0) is 27.2 Å². The number of nitrogens with one attached hydrogen (secondary N) is 2. The van der Waals surface area contributed by atoms with Crippen molar-refractivity contribution in [1.29, 1.82) is 0 Å². The summed E-state index contributed by atoms with van der Waals surface area (Å²) in [7, 11) is 0. The predicted octanol–water partition coefficient (Wildman–Crippen LogP) is 5.15. The highest BCUT2D eigenvalue weighted by Crippen LogP contribution is 2.35. The van der Waals surface area contributed by atoms with Crippen LogP contribution < -0.4 is 10.6 Å². The normalized spacial score (nSPS) is 19.3. The van der Waals surface area contributed by atoms with Crippen LogP contribution in [0.25, 0.3) is 0 Å². The van der Waals surface area contributed by atoms with Gasteiger partial charge in [-0.05, 0) is 70.2 Å². The van der Waals surface area contributed by atoms with E-state index in [1.54, 1.807) is 32.9 Å². The Morgan fingerprint density at radius 2 is 1.57 bits per heavy atom. The Morgan fingerprint density at radius 3 is 2.20 bits per heavy atom. The summed E-state index contributed by atoms with van der Waals surface area (Å²) in [5, 5.41) is 6.71. The van der Waals surface area contributed by atoms with E-state index in [9.17, 15) is 19.2 Å². The van der Waals surface area contributed by atoms with Gasteiger partial charge in [-0.3, -0.25) is 9.59 Å². The first-order valence-electron chi connectivity index (χ1n) is 15.9. The van der Waals surface area contributed by atoms with Crippen molar-refractivity contribution in [3.8, 4) is 0 Å². The maximum atomic E-state index is 14.3. The molecule has 2 atom stereocenters. The van der Waals surface area contributed by atoms with E-state index in [2.05, 4.69) is 10.6 Å². The standard InChI is InChI=1S/C34H45Cl2N5O5/c1-5-37-30(43)34(22-24-10-7-6-8-11-24)14-9-15-41(23-34)29(42)28(21-25-12-13-26(35)27(36)20-25)38-31(44)39-16-18-40(19-17-39)32(45)46-33(2,3)4/h6-8,10-13,20,28H,5,9,14-19,21-23H2,1-4H3,(H,37,43)(H,38,44)/t28?,34-/m0/s1. The van der Waals surface area contributed by atoms with Gasteiger partial charge in [0.05, 0.1) is 15.5 Å². The third-order valence-corrected chi connectivity index (χ3v) is 9.07. The number of hydrogen-bond acceptors (Lipinski definition) is 5. The first kappa shape index (κ1) is 35.4. The number of nitrogens with zero attached hydrogens (tertiary/aromatic N) is 3. The molecule has 4 rings (SSSR count). The summed E-state index contributed by atoms with van der Waals surface area (Å²) in [6, 6.07) is 13.6. The smallest absolute Gasteiger partial charge is 0.410 e. The molecular weight excluding hydrogens is 629 g/mol. The number of hydrogen-bond donors (Lipinski definition) is 2. The number of benzene rings is 2. The number of piperidine rings is 1. The molecule has 2 fully saturated rings. The lowest BCUT2D eigenvalue weighted by molar-refractivity contribution is -0.142. The highest BCUT2D eigenvalue weighted by molar-refractivity contribution is 6.42. The molecule has 2 aliphatic rings. The molecule has 2 aromatic rings. The van der Waals surface area contributed by atoms with Crippen molar-refractivity contribution in [2.24, 2.45) is 5.41 Å². The quantitative estimate of drug-likeness (QED) is 0.403. The average molecular weight is 675 g/mol. The molecule has 250 valence electrons. The Labute approximate surface area is 281 Å². The van der Waals surface area contributed by atoms with Gasteiger partial charge in [0.15, 0.2) is 0 Å². The summed E-state index contributed by atoms with van der Waals surface area (Å²) in [5.41, 5.74) is 0.337. The van der Waals surface area contributed by atoms with Crippen molar-refractivity contribution >= 4 is 47.1 Å². The van der Waals surface area contributed by atoms with E-state index in [4.69, 9.17) is 27.9 Å². The zero-order valence-electron chi connectivity index (χ0n) is 27.1. The second-order valence-corrected chi connectivity index (χ2v) is 13.9. The molecule has 2 saturated heterocycles. The molecular formula is C34H45Cl2N5O5. The minimum absolute atomic E-state index is 0.0794. The van der Waals surface area contributed by atoms with Gasteiger partial charge in [-0.25, -0.2) is 9.59 Å². The van der Waals surface area contributed by atoms with Gasteiger partial charge in [0.1, 0.15) is 11.6 Å². The topological polar surface area (TPSA) is 111 Å². The summed E-state index contributed by atoms with van der Waals surface area (Å²) < 4.78 is 5.48. The van der Waals surface area contributed by atoms with Gasteiger partial charge < -0.3 is 30.1 Å². The maximum Gasteiger partial charge on any atom is 0.410 e. The second-order valence-electron chi connectivity index (χ2n) is 13.1. The highest BCUT2D eigenvalue weighted by Gasteiger charge is 2.44. The first-order chi connectivity index (χ1) is 21.8. The van der Waals surface area contributed by atoms with Crippen LogP contribution in [-0.4, -0.2) is 96.1 Å². The van der Waals surface area contributed by atoms with E-state index in [1.165, 1.54) is 0 Å². The van der Waals surface area contributed by atoms with Gasteiger partial charge in [-0.1, -0.05) is 59.6 Å². The van der Waals surface area contributed by atoms with E-state index < -0.39 is 29.2 Å². The molecule has 46 heavy (non-hydrogen) atoms. The van der Waals surface area contributed by atoms with E-state index in [0.717, 1.165) is 11.1 Å². The summed E-state index contributed by atoms with van der Waals surface area (Å²) in [4.78, 5) is 58.9. The van der Waals surface area contributed by atoms with Gasteiger partial charge in [0, 0.05) is 52.2 Å². The fourth-order valence-electron chi connectivity index (χ4n) is 6.05. The van der Waals surface area contributed by atoms with Gasteiger partial charge in [-0.15, -0.1) is 0 Å². The molecule has 0 aromatic heterocycles. The van der Waals surface area contributed by atoms with Crippen LogP contribution in [0, 0.1) is 5.41 Å². The monoisotopic (exact) mass is 673 g/mol. The van der Waals surface area contributed by atoms with Crippen LogP contribution >= 0.6 is 23.2 Å². The molecule has 2 N–H and O–H groups in total. The number of piperazine rings is 1. The Hall–Kier alpha value is -3.50. The highest BCUT2D eigenvalue weighted by atomic mass is 35.5. The maximum absolute atomic E-state index is 14.3. The van der Waals surface area contributed by atoms with Gasteiger partial charge >= 0.3 is 12.1 Å². The fraction of sp³-hybridized carbons (Fsp3) is 0.529. The number of carbonyl (C=O) groups is 4. The number of ether oxygens (including phenoxy) is 1. The summed E-state index contributed by atoms with van der Waals surface area (Å²) in [5.74, 6) is -0.350. The van der Waals surface area contributed by atoms with Gasteiger partial charge in [0.25, 0.3) is 0 Å². The van der Waals surface area contributed by atoms with E-state index in [1.807, 2.05) is 58.0 Å². The zero-order chi connectivity index (χ0) is 33.5. The Bertz CT molecular complexity index is 1390. The molecule has 5 amide bonds. The molecule has 0 spiro atoms. The molecule has 0 saturated carbocycles. The molecule has 2 aliphatic heterocycles. The first-order valence-corrected chi connectivity index (χ1v) is 16.6. The van der Waals surface area contributed by atoms with Crippen molar-refractivity contribution in [3.05, 3.63) is 69.7 Å². The largest absolute Gasteiger partial charge is 0.444 e. The van der Waals surface area contributed by atoms with Crippen LogP contribution in [0.3, 0.4) is 0 Å². The summed E-state index contributed by atoms with van der Waals surface area (Å²) >= 11 is 12.5. The number of urea groups is 1. The lowest BCUT2D eigenvalue weighted by Crippen LogP contribution is -2.60. The molecule has 1 unspecified atom stereocenters. The van der Waals surface area contributed by atoms with Crippen molar-refractivity contribution in [3.63, 3.8) is 0 Å². The number of amides is 5. The van der Waals surface area contributed by atoms with Gasteiger partial charge in [0.2, 0.25) is 11.8 Å². The average Bonchev–Trinajstić information content (AvgIpc) is 3.02. The van der Waals surface area contributed by atoms with Crippen LogP contribution in [0.4, 0.5) is 9.59 Å². The zero-order valence-corrected chi connectivity index (χ0v) is 28.6.